The van der Waals surface area contributed by atoms with E-state index in [1.807, 2.05) is 0 Å². The van der Waals surface area contributed by atoms with Crippen LogP contribution in [0.1, 0.15) is 62.6 Å². The molecule has 2 aromatic rings. The maximum Gasteiger partial charge on any atom is 0.0776 e. The Balaban J connectivity index is 2.28. The summed E-state index contributed by atoms with van der Waals surface area (Å²) in [4.78, 5) is 0. The lowest BCUT2D eigenvalue weighted by Gasteiger charge is -2.26. The van der Waals surface area contributed by atoms with E-state index in [-0.39, 0.29) is 0 Å². The lowest BCUT2D eigenvalue weighted by molar-refractivity contribution is 0.797. The molecule has 0 aliphatic heterocycles. The molecular formula is C28H41Si2. The molecule has 0 heterocycles. The second-order valence-electron chi connectivity index (χ2n) is 11.5. The van der Waals surface area contributed by atoms with Gasteiger partial charge in [-0.05, 0) is 46.6 Å². The summed E-state index contributed by atoms with van der Waals surface area (Å²) in [5, 5.41) is 3.20. The maximum absolute atomic E-state index is 2.55. The molecule has 2 heteroatoms. The van der Waals surface area contributed by atoms with Crippen LogP contribution in [-0.2, 0) is 0 Å². The molecule has 2 aromatic carbocycles. The third-order valence-corrected chi connectivity index (χ3v) is 10.4. The summed E-state index contributed by atoms with van der Waals surface area (Å²) >= 11 is 0. The van der Waals surface area contributed by atoms with E-state index in [9.17, 15) is 0 Å². The highest BCUT2D eigenvalue weighted by Crippen LogP contribution is 2.41. The van der Waals surface area contributed by atoms with Crippen molar-refractivity contribution in [2.75, 3.05) is 0 Å². The van der Waals surface area contributed by atoms with Gasteiger partial charge >= 0.3 is 0 Å². The van der Waals surface area contributed by atoms with Crippen molar-refractivity contribution in [2.45, 2.75) is 85.2 Å². The monoisotopic (exact) mass is 433 g/mol. The molecule has 0 unspecified atom stereocenters. The fourth-order valence-electron chi connectivity index (χ4n) is 4.33. The molecule has 0 amide bonds. The summed E-state index contributed by atoms with van der Waals surface area (Å²) in [5.41, 5.74) is 8.80. The molecule has 0 nitrogen and oxygen atoms in total. The van der Waals surface area contributed by atoms with Crippen molar-refractivity contribution in [1.29, 1.82) is 0 Å². The zero-order valence-electron chi connectivity index (χ0n) is 20.7. The lowest BCUT2D eigenvalue weighted by Crippen LogP contribution is -2.45. The van der Waals surface area contributed by atoms with E-state index in [0.29, 0.717) is 5.92 Å². The van der Waals surface area contributed by atoms with Crippen molar-refractivity contribution >= 4 is 32.6 Å². The minimum absolute atomic E-state index is 0.518. The second kappa shape index (κ2) is 8.63. The third kappa shape index (κ3) is 4.91. The topological polar surface area (TPSA) is 0 Å². The number of unbranched alkanes of at least 4 members (excludes halogenated alkanes) is 1. The van der Waals surface area contributed by atoms with Crippen LogP contribution in [0, 0.1) is 6.42 Å². The van der Waals surface area contributed by atoms with Crippen LogP contribution in [0.3, 0.4) is 0 Å². The van der Waals surface area contributed by atoms with Gasteiger partial charge in [-0.1, -0.05) is 119 Å². The summed E-state index contributed by atoms with van der Waals surface area (Å²) in [6.07, 6.45) is 8.63. The van der Waals surface area contributed by atoms with Crippen LogP contribution >= 0.6 is 0 Å². The van der Waals surface area contributed by atoms with Gasteiger partial charge in [-0.3, -0.25) is 0 Å². The van der Waals surface area contributed by atoms with Gasteiger partial charge in [0, 0.05) is 6.42 Å². The van der Waals surface area contributed by atoms with Gasteiger partial charge in [0.2, 0.25) is 0 Å². The van der Waals surface area contributed by atoms with Crippen LogP contribution in [-0.4, -0.2) is 16.1 Å². The van der Waals surface area contributed by atoms with E-state index in [1.165, 1.54) is 52.7 Å². The van der Waals surface area contributed by atoms with Gasteiger partial charge in [-0.15, -0.1) is 0 Å². The molecule has 1 radical (unpaired) electrons. The molecule has 0 saturated heterocycles. The minimum atomic E-state index is -1.41. The van der Waals surface area contributed by atoms with Crippen molar-refractivity contribution in [3.05, 3.63) is 59.0 Å². The molecule has 1 aliphatic carbocycles. The average molecular weight is 434 g/mol. The highest BCUT2D eigenvalue weighted by Gasteiger charge is 2.26. The number of allylic oxidation sites excluding steroid dienone is 1. The van der Waals surface area contributed by atoms with Crippen LogP contribution in [0.25, 0.3) is 17.2 Å². The molecular weight excluding hydrogens is 392 g/mol. The number of rotatable bonds is 7. The number of benzene rings is 2. The van der Waals surface area contributed by atoms with Gasteiger partial charge in [-0.2, -0.15) is 0 Å². The smallest absolute Gasteiger partial charge is 0.0656 e. The summed E-state index contributed by atoms with van der Waals surface area (Å²) in [6, 6.07) is 12.4. The third-order valence-electron chi connectivity index (χ3n) is 6.38. The molecule has 30 heavy (non-hydrogen) atoms. The standard InChI is InChI=1S/C28H41Si2/c1-10-11-12-21-15-22-13-14-26(20(2)3)28(27(22)16-21)23-17-24(29(4,5)6)19-25(18-23)30(7,8)9/h13-20H,10-12H2,1-9H3. The Morgan fingerprint density at radius 1 is 0.833 bits per heavy atom. The molecule has 0 saturated carbocycles. The van der Waals surface area contributed by atoms with E-state index in [0.717, 1.165) is 0 Å². The van der Waals surface area contributed by atoms with Gasteiger partial charge in [0.25, 0.3) is 0 Å². The number of hydrogen-bond donors (Lipinski definition) is 0. The molecule has 3 rings (SSSR count). The summed E-state index contributed by atoms with van der Waals surface area (Å²) in [7, 11) is -2.82. The number of fused-ring (bicyclic) bond motifs is 1. The van der Waals surface area contributed by atoms with E-state index in [4.69, 9.17) is 0 Å². The first kappa shape index (κ1) is 23.3. The largest absolute Gasteiger partial charge is 0.0776 e. The highest BCUT2D eigenvalue weighted by atomic mass is 28.3. The first-order valence-electron chi connectivity index (χ1n) is 11.8. The molecule has 0 atom stereocenters. The van der Waals surface area contributed by atoms with Crippen LogP contribution < -0.4 is 10.4 Å². The van der Waals surface area contributed by atoms with E-state index in [1.54, 1.807) is 10.4 Å². The molecule has 161 valence electrons. The quantitative estimate of drug-likeness (QED) is 0.392. The summed E-state index contributed by atoms with van der Waals surface area (Å²) in [5.74, 6) is 0.518. The number of hydrogen-bond acceptors (Lipinski definition) is 0. The Bertz CT molecular complexity index is 918. The fraction of sp³-hybridized carbons (Fsp3) is 0.464. The average Bonchev–Trinajstić information content (AvgIpc) is 3.06. The normalized spacial score (nSPS) is 14.3. The zero-order valence-corrected chi connectivity index (χ0v) is 22.7. The second-order valence-corrected chi connectivity index (χ2v) is 21.6. The van der Waals surface area contributed by atoms with Gasteiger partial charge < -0.3 is 0 Å². The van der Waals surface area contributed by atoms with Crippen LogP contribution in [0.2, 0.25) is 39.3 Å². The molecule has 0 N–H and O–H groups in total. The van der Waals surface area contributed by atoms with Gasteiger partial charge in [-0.25, -0.2) is 0 Å². The zero-order chi connectivity index (χ0) is 22.3. The van der Waals surface area contributed by atoms with Crippen molar-refractivity contribution < 1.29 is 0 Å². The maximum atomic E-state index is 2.55. The Morgan fingerprint density at radius 3 is 1.93 bits per heavy atom. The first-order valence-corrected chi connectivity index (χ1v) is 18.8. The van der Waals surface area contributed by atoms with Crippen molar-refractivity contribution in [3.63, 3.8) is 0 Å². The predicted molar refractivity (Wildman–Crippen MR) is 143 cm³/mol. The summed E-state index contributed by atoms with van der Waals surface area (Å²) in [6.45, 7) is 21.9. The van der Waals surface area contributed by atoms with Crippen molar-refractivity contribution in [1.82, 2.24) is 0 Å². The molecule has 0 aromatic heterocycles. The van der Waals surface area contributed by atoms with Crippen LogP contribution in [0.4, 0.5) is 0 Å². The molecule has 0 fully saturated rings. The lowest BCUT2D eigenvalue weighted by atomic mass is 9.87. The fourth-order valence-corrected chi connectivity index (χ4v) is 6.83. The van der Waals surface area contributed by atoms with E-state index >= 15 is 0 Å². The molecule has 0 bridgehead atoms. The highest BCUT2D eigenvalue weighted by molar-refractivity contribution is 6.91. The Morgan fingerprint density at radius 2 is 1.43 bits per heavy atom. The van der Waals surface area contributed by atoms with Gasteiger partial charge in [0.15, 0.2) is 0 Å². The van der Waals surface area contributed by atoms with Gasteiger partial charge in [0.05, 0.1) is 16.1 Å². The minimum Gasteiger partial charge on any atom is -0.0656 e. The van der Waals surface area contributed by atoms with E-state index < -0.39 is 16.1 Å². The van der Waals surface area contributed by atoms with Crippen LogP contribution in [0.15, 0.2) is 35.9 Å². The predicted octanol–water partition coefficient (Wildman–Crippen LogP) is 7.71. The van der Waals surface area contributed by atoms with E-state index in [2.05, 4.69) is 103 Å². The summed E-state index contributed by atoms with van der Waals surface area (Å²) < 4.78 is 0. The van der Waals surface area contributed by atoms with Crippen molar-refractivity contribution in [2.24, 2.45) is 0 Å². The molecule has 1 aliphatic rings. The Hall–Kier alpha value is -1.39. The first-order chi connectivity index (χ1) is 13.9. The Kier molecular flexibility index (Phi) is 6.69. The van der Waals surface area contributed by atoms with Crippen molar-refractivity contribution in [3.8, 4) is 11.1 Å². The molecule has 0 spiro atoms. The van der Waals surface area contributed by atoms with Gasteiger partial charge in [0.1, 0.15) is 0 Å². The Labute approximate surface area is 187 Å². The SMILES string of the molecule is CCCCC1=Cc2c(ccc(C(C)C)c2-c2cc([Si](C)(C)C)cc([Si](C)(C)C)c2)[CH]1. The van der Waals surface area contributed by atoms with Crippen LogP contribution in [0.5, 0.6) is 0 Å².